The number of aromatic nitrogens is 3. The molecule has 0 aliphatic heterocycles. The predicted molar refractivity (Wildman–Crippen MR) is 67.5 cm³/mol. The molecule has 9 nitrogen and oxygen atoms in total. The molecule has 0 spiro atoms. The van der Waals surface area contributed by atoms with Gasteiger partial charge in [0.25, 0.3) is 0 Å². The van der Waals surface area contributed by atoms with Crippen LogP contribution in [0.3, 0.4) is 0 Å². The van der Waals surface area contributed by atoms with Gasteiger partial charge in [-0.2, -0.15) is 15.0 Å². The van der Waals surface area contributed by atoms with E-state index in [-0.39, 0.29) is 18.8 Å². The van der Waals surface area contributed by atoms with Gasteiger partial charge in [0, 0.05) is 11.5 Å². The Bertz CT molecular complexity index is 429. The second kappa shape index (κ2) is 7.25. The highest BCUT2D eigenvalue weighted by molar-refractivity contribution is 5.39. The van der Waals surface area contributed by atoms with Gasteiger partial charge in [-0.3, -0.25) is 0 Å². The number of rotatable bonds is 7. The SMILES string of the molecule is CCNc1nc(N=[N+]=[N-])nc(NCOC(C)C)n1. The lowest BCUT2D eigenvalue weighted by molar-refractivity contribution is 0.0935. The maximum atomic E-state index is 8.37. The van der Waals surface area contributed by atoms with Crippen molar-refractivity contribution >= 4 is 17.8 Å². The third-order valence-corrected chi connectivity index (χ3v) is 1.74. The normalized spacial score (nSPS) is 10.0. The van der Waals surface area contributed by atoms with Crippen molar-refractivity contribution in [2.75, 3.05) is 23.9 Å². The Hall–Kier alpha value is -2.12. The summed E-state index contributed by atoms with van der Waals surface area (Å²) in [6.45, 7) is 6.67. The van der Waals surface area contributed by atoms with Gasteiger partial charge in [0.2, 0.25) is 17.8 Å². The Labute approximate surface area is 105 Å². The van der Waals surface area contributed by atoms with Crippen LogP contribution in [0.1, 0.15) is 20.8 Å². The summed E-state index contributed by atoms with van der Waals surface area (Å²) < 4.78 is 5.31. The fourth-order valence-electron chi connectivity index (χ4n) is 1.04. The summed E-state index contributed by atoms with van der Waals surface area (Å²) in [4.78, 5) is 14.6. The number of nitrogens with one attached hydrogen (secondary N) is 2. The lowest BCUT2D eigenvalue weighted by Crippen LogP contribution is -2.14. The molecular formula is C9H16N8O. The highest BCUT2D eigenvalue weighted by Crippen LogP contribution is 2.11. The third kappa shape index (κ3) is 4.81. The van der Waals surface area contributed by atoms with Crippen molar-refractivity contribution in [3.63, 3.8) is 0 Å². The number of ether oxygens (including phenoxy) is 1. The highest BCUT2D eigenvalue weighted by Gasteiger charge is 2.04. The zero-order valence-electron chi connectivity index (χ0n) is 10.6. The minimum Gasteiger partial charge on any atom is -0.359 e. The molecule has 0 radical (unpaired) electrons. The standard InChI is InChI=1S/C9H16N8O/c1-4-11-7-13-8(12-5-18-6(2)3)15-9(14-7)16-17-10/h6H,4-5H2,1-3H3,(H2,11,12,13,14,15). The van der Waals surface area contributed by atoms with Crippen LogP contribution in [0.5, 0.6) is 0 Å². The van der Waals surface area contributed by atoms with E-state index < -0.39 is 0 Å². The number of hydrogen-bond acceptors (Lipinski definition) is 7. The molecule has 0 bridgehead atoms. The van der Waals surface area contributed by atoms with E-state index in [1.807, 2.05) is 20.8 Å². The maximum Gasteiger partial charge on any atom is 0.229 e. The van der Waals surface area contributed by atoms with Crippen molar-refractivity contribution in [2.45, 2.75) is 26.9 Å². The zero-order chi connectivity index (χ0) is 13.4. The van der Waals surface area contributed by atoms with Crippen LogP contribution in [0.2, 0.25) is 0 Å². The van der Waals surface area contributed by atoms with Crippen LogP contribution >= 0.6 is 0 Å². The Morgan fingerprint density at radius 3 is 2.50 bits per heavy atom. The number of azide groups is 1. The number of hydrogen-bond donors (Lipinski definition) is 2. The summed E-state index contributed by atoms with van der Waals surface area (Å²) in [5.74, 6) is 0.654. The summed E-state index contributed by atoms with van der Waals surface area (Å²) >= 11 is 0. The smallest absolute Gasteiger partial charge is 0.229 e. The summed E-state index contributed by atoms with van der Waals surface area (Å²) in [6.07, 6.45) is 0.101. The van der Waals surface area contributed by atoms with Crippen molar-refractivity contribution in [2.24, 2.45) is 5.11 Å². The molecule has 0 aliphatic rings. The van der Waals surface area contributed by atoms with Crippen molar-refractivity contribution in [1.82, 2.24) is 15.0 Å². The third-order valence-electron chi connectivity index (χ3n) is 1.74. The van der Waals surface area contributed by atoms with Crippen LogP contribution in [-0.4, -0.2) is 34.3 Å². The fraction of sp³-hybridized carbons (Fsp3) is 0.667. The summed E-state index contributed by atoms with van der Waals surface area (Å²) in [5.41, 5.74) is 8.37. The van der Waals surface area contributed by atoms with E-state index in [0.29, 0.717) is 18.4 Å². The van der Waals surface area contributed by atoms with Gasteiger partial charge in [0.15, 0.2) is 0 Å². The topological polar surface area (TPSA) is 121 Å². The van der Waals surface area contributed by atoms with Gasteiger partial charge >= 0.3 is 0 Å². The van der Waals surface area contributed by atoms with Gasteiger partial charge in [0.1, 0.15) is 6.73 Å². The lowest BCUT2D eigenvalue weighted by Gasteiger charge is -2.10. The van der Waals surface area contributed by atoms with Crippen molar-refractivity contribution in [3.8, 4) is 0 Å². The highest BCUT2D eigenvalue weighted by atomic mass is 16.5. The van der Waals surface area contributed by atoms with Crippen molar-refractivity contribution in [1.29, 1.82) is 0 Å². The average molecular weight is 252 g/mol. The first-order valence-electron chi connectivity index (χ1n) is 5.56. The first kappa shape index (κ1) is 13.9. The Morgan fingerprint density at radius 1 is 1.28 bits per heavy atom. The van der Waals surface area contributed by atoms with E-state index in [9.17, 15) is 0 Å². The van der Waals surface area contributed by atoms with E-state index in [1.165, 1.54) is 0 Å². The maximum absolute atomic E-state index is 8.37. The number of nitrogens with zero attached hydrogens (tertiary/aromatic N) is 6. The van der Waals surface area contributed by atoms with Crippen LogP contribution in [-0.2, 0) is 4.74 Å². The van der Waals surface area contributed by atoms with Gasteiger partial charge in [-0.1, -0.05) is 0 Å². The summed E-state index contributed by atoms with van der Waals surface area (Å²) in [7, 11) is 0. The largest absolute Gasteiger partial charge is 0.359 e. The van der Waals surface area contributed by atoms with Gasteiger partial charge in [-0.05, 0) is 31.4 Å². The van der Waals surface area contributed by atoms with E-state index in [2.05, 4.69) is 35.6 Å². The molecule has 0 amide bonds. The minimum atomic E-state index is 0.00972. The molecule has 18 heavy (non-hydrogen) atoms. The molecule has 0 atom stereocenters. The molecule has 0 saturated carbocycles. The monoisotopic (exact) mass is 252 g/mol. The van der Waals surface area contributed by atoms with Crippen LogP contribution in [0.25, 0.3) is 10.4 Å². The molecule has 9 heteroatoms. The predicted octanol–water partition coefficient (Wildman–Crippen LogP) is 2.04. The second-order valence-electron chi connectivity index (χ2n) is 3.54. The van der Waals surface area contributed by atoms with Crippen molar-refractivity contribution < 1.29 is 4.74 Å². The average Bonchev–Trinajstić information content (AvgIpc) is 2.29. The number of anilines is 2. The van der Waals surface area contributed by atoms with Crippen LogP contribution in [0.15, 0.2) is 5.11 Å². The fourth-order valence-corrected chi connectivity index (χ4v) is 1.04. The Morgan fingerprint density at radius 2 is 1.94 bits per heavy atom. The molecule has 1 heterocycles. The summed E-state index contributed by atoms with van der Waals surface area (Å²) in [6, 6.07) is 0. The molecule has 0 unspecified atom stereocenters. The van der Waals surface area contributed by atoms with E-state index >= 15 is 0 Å². The minimum absolute atomic E-state index is 0.00972. The second-order valence-corrected chi connectivity index (χ2v) is 3.54. The van der Waals surface area contributed by atoms with Gasteiger partial charge in [-0.25, -0.2) is 0 Å². The van der Waals surface area contributed by atoms with E-state index in [4.69, 9.17) is 10.3 Å². The molecule has 2 N–H and O–H groups in total. The van der Waals surface area contributed by atoms with Gasteiger partial charge in [0.05, 0.1) is 6.10 Å². The molecule has 0 fully saturated rings. The van der Waals surface area contributed by atoms with Crippen LogP contribution in [0.4, 0.5) is 17.8 Å². The van der Waals surface area contributed by atoms with Gasteiger partial charge < -0.3 is 15.4 Å². The molecule has 0 aromatic carbocycles. The van der Waals surface area contributed by atoms with Crippen LogP contribution < -0.4 is 10.6 Å². The molecule has 1 rings (SSSR count). The molecule has 0 saturated heterocycles. The van der Waals surface area contributed by atoms with E-state index in [0.717, 1.165) is 0 Å². The molecule has 98 valence electrons. The quantitative estimate of drug-likeness (QED) is 0.331. The van der Waals surface area contributed by atoms with Crippen molar-refractivity contribution in [3.05, 3.63) is 10.4 Å². The van der Waals surface area contributed by atoms with E-state index in [1.54, 1.807) is 0 Å². The first-order valence-corrected chi connectivity index (χ1v) is 5.56. The molecule has 0 aliphatic carbocycles. The Balaban J connectivity index is 2.78. The van der Waals surface area contributed by atoms with Crippen LogP contribution in [0, 0.1) is 0 Å². The molecular weight excluding hydrogens is 236 g/mol. The Kier molecular flexibility index (Phi) is 5.62. The first-order chi connectivity index (χ1) is 8.65. The summed E-state index contributed by atoms with van der Waals surface area (Å²) in [5, 5.41) is 9.14. The molecule has 1 aromatic heterocycles. The lowest BCUT2D eigenvalue weighted by atomic mass is 10.5. The zero-order valence-corrected chi connectivity index (χ0v) is 10.6. The van der Waals surface area contributed by atoms with Gasteiger partial charge in [-0.15, -0.1) is 0 Å². The molecule has 1 aromatic rings.